The Morgan fingerprint density at radius 2 is 2.12 bits per heavy atom. The molecule has 0 spiro atoms. The maximum absolute atomic E-state index is 12.4. The number of rotatable bonds is 3. The van der Waals surface area contributed by atoms with Crippen LogP contribution in [0.2, 0.25) is 5.02 Å². The maximum Gasteiger partial charge on any atom is 0.206 e. The van der Waals surface area contributed by atoms with Gasteiger partial charge in [0.05, 0.1) is 9.90 Å². The molecular formula is C12H15ClO2S. The Labute approximate surface area is 105 Å². The lowest BCUT2D eigenvalue weighted by atomic mass is 9.81. The molecule has 0 aliphatic heterocycles. The first-order valence-electron chi connectivity index (χ1n) is 5.52. The molecule has 1 saturated carbocycles. The molecule has 1 aromatic heterocycles. The molecule has 1 aromatic rings. The van der Waals surface area contributed by atoms with Crippen molar-refractivity contribution in [1.29, 1.82) is 0 Å². The summed E-state index contributed by atoms with van der Waals surface area (Å²) < 4.78 is 5.52. The number of ether oxygens (including phenoxy) is 1. The SMILES string of the molecule is COC1(C(=O)c2sccc2Cl)CCCCC1. The second-order valence-electron chi connectivity index (χ2n) is 4.19. The van der Waals surface area contributed by atoms with E-state index >= 15 is 0 Å². The lowest BCUT2D eigenvalue weighted by molar-refractivity contribution is -0.0190. The molecule has 0 N–H and O–H groups in total. The first-order chi connectivity index (χ1) is 7.69. The van der Waals surface area contributed by atoms with Crippen LogP contribution < -0.4 is 0 Å². The van der Waals surface area contributed by atoms with Crippen LogP contribution >= 0.6 is 22.9 Å². The van der Waals surface area contributed by atoms with Gasteiger partial charge >= 0.3 is 0 Å². The van der Waals surface area contributed by atoms with E-state index in [9.17, 15) is 4.79 Å². The highest BCUT2D eigenvalue weighted by Crippen LogP contribution is 2.37. The van der Waals surface area contributed by atoms with Crippen LogP contribution in [-0.4, -0.2) is 18.5 Å². The highest BCUT2D eigenvalue weighted by Gasteiger charge is 2.41. The normalized spacial score (nSPS) is 19.6. The molecule has 88 valence electrons. The lowest BCUT2D eigenvalue weighted by Crippen LogP contribution is -2.42. The Bertz CT molecular complexity index is 380. The number of ketones is 1. The molecule has 1 fully saturated rings. The molecule has 0 aromatic carbocycles. The van der Waals surface area contributed by atoms with Crippen molar-refractivity contribution in [3.05, 3.63) is 21.3 Å². The Kier molecular flexibility index (Phi) is 3.67. The van der Waals surface area contributed by atoms with Crippen molar-refractivity contribution < 1.29 is 9.53 Å². The predicted molar refractivity (Wildman–Crippen MR) is 66.5 cm³/mol. The Balaban J connectivity index is 2.28. The van der Waals surface area contributed by atoms with Gasteiger partial charge in [-0.1, -0.05) is 30.9 Å². The van der Waals surface area contributed by atoms with Gasteiger partial charge in [0.25, 0.3) is 0 Å². The number of Topliss-reactive ketones (excluding diaryl/α,β-unsaturated/α-hetero) is 1. The molecule has 2 nitrogen and oxygen atoms in total. The van der Waals surface area contributed by atoms with Crippen molar-refractivity contribution >= 4 is 28.7 Å². The van der Waals surface area contributed by atoms with Crippen LogP contribution in [0, 0.1) is 0 Å². The molecule has 1 aliphatic rings. The van der Waals surface area contributed by atoms with E-state index in [-0.39, 0.29) is 5.78 Å². The third-order valence-electron chi connectivity index (χ3n) is 3.29. The molecule has 0 saturated heterocycles. The van der Waals surface area contributed by atoms with Gasteiger partial charge in [0.2, 0.25) is 5.78 Å². The fraction of sp³-hybridized carbons (Fsp3) is 0.583. The summed E-state index contributed by atoms with van der Waals surface area (Å²) in [5, 5.41) is 2.40. The summed E-state index contributed by atoms with van der Waals surface area (Å²) in [5.74, 6) is 0.0645. The van der Waals surface area contributed by atoms with Gasteiger partial charge < -0.3 is 4.74 Å². The van der Waals surface area contributed by atoms with Crippen molar-refractivity contribution in [3.63, 3.8) is 0 Å². The minimum absolute atomic E-state index is 0.0645. The second-order valence-corrected chi connectivity index (χ2v) is 5.51. The minimum atomic E-state index is -0.618. The van der Waals surface area contributed by atoms with Gasteiger partial charge in [-0.15, -0.1) is 11.3 Å². The van der Waals surface area contributed by atoms with E-state index in [0.29, 0.717) is 9.90 Å². The lowest BCUT2D eigenvalue weighted by Gasteiger charge is -2.34. The van der Waals surface area contributed by atoms with E-state index in [1.54, 1.807) is 13.2 Å². The third-order valence-corrected chi connectivity index (χ3v) is 4.63. The Morgan fingerprint density at radius 1 is 1.44 bits per heavy atom. The van der Waals surface area contributed by atoms with Gasteiger partial charge in [0.15, 0.2) is 0 Å². The molecule has 0 amide bonds. The minimum Gasteiger partial charge on any atom is -0.370 e. The quantitative estimate of drug-likeness (QED) is 0.768. The Morgan fingerprint density at radius 3 is 2.62 bits per heavy atom. The zero-order valence-electron chi connectivity index (χ0n) is 9.29. The molecule has 2 rings (SSSR count). The molecule has 16 heavy (non-hydrogen) atoms. The summed E-state index contributed by atoms with van der Waals surface area (Å²) in [4.78, 5) is 13.1. The summed E-state index contributed by atoms with van der Waals surface area (Å²) in [6.07, 6.45) is 4.94. The highest BCUT2D eigenvalue weighted by molar-refractivity contribution is 7.12. The molecule has 0 radical (unpaired) electrons. The second kappa shape index (κ2) is 4.86. The molecule has 0 atom stereocenters. The van der Waals surface area contributed by atoms with Gasteiger partial charge in [0.1, 0.15) is 5.60 Å². The van der Waals surface area contributed by atoms with Crippen molar-refractivity contribution in [2.24, 2.45) is 0 Å². The monoisotopic (exact) mass is 258 g/mol. The summed E-state index contributed by atoms with van der Waals surface area (Å²) in [5.41, 5.74) is -0.618. The zero-order valence-corrected chi connectivity index (χ0v) is 10.9. The largest absolute Gasteiger partial charge is 0.370 e. The first kappa shape index (κ1) is 12.1. The average molecular weight is 259 g/mol. The fourth-order valence-electron chi connectivity index (χ4n) is 2.31. The van der Waals surface area contributed by atoms with Gasteiger partial charge in [-0.05, 0) is 24.3 Å². The van der Waals surface area contributed by atoms with Crippen LogP contribution in [0.5, 0.6) is 0 Å². The maximum atomic E-state index is 12.4. The van der Waals surface area contributed by atoms with E-state index in [1.165, 1.54) is 17.8 Å². The number of carbonyl (C=O) groups excluding carboxylic acids is 1. The zero-order chi connectivity index (χ0) is 11.6. The molecule has 4 heteroatoms. The van der Waals surface area contributed by atoms with Gasteiger partial charge in [0, 0.05) is 7.11 Å². The summed E-state index contributed by atoms with van der Waals surface area (Å²) >= 11 is 7.41. The highest BCUT2D eigenvalue weighted by atomic mass is 35.5. The average Bonchev–Trinajstić information content (AvgIpc) is 2.75. The number of hydrogen-bond acceptors (Lipinski definition) is 3. The van der Waals surface area contributed by atoms with Crippen LogP contribution in [0.25, 0.3) is 0 Å². The van der Waals surface area contributed by atoms with Crippen LogP contribution in [-0.2, 0) is 4.74 Å². The van der Waals surface area contributed by atoms with Gasteiger partial charge in [-0.3, -0.25) is 4.79 Å². The Hall–Kier alpha value is -0.380. The van der Waals surface area contributed by atoms with E-state index in [4.69, 9.17) is 16.3 Å². The number of methoxy groups -OCH3 is 1. The first-order valence-corrected chi connectivity index (χ1v) is 6.78. The summed E-state index contributed by atoms with van der Waals surface area (Å²) in [6.45, 7) is 0. The molecule has 0 unspecified atom stereocenters. The van der Waals surface area contributed by atoms with Crippen molar-refractivity contribution in [2.45, 2.75) is 37.7 Å². The number of thiophene rings is 1. The van der Waals surface area contributed by atoms with Crippen LogP contribution in [0.4, 0.5) is 0 Å². The van der Waals surface area contributed by atoms with Crippen LogP contribution in [0.15, 0.2) is 11.4 Å². The smallest absolute Gasteiger partial charge is 0.206 e. The van der Waals surface area contributed by atoms with Crippen molar-refractivity contribution in [1.82, 2.24) is 0 Å². The van der Waals surface area contributed by atoms with Crippen LogP contribution in [0.3, 0.4) is 0 Å². The third kappa shape index (κ3) is 2.04. The molecule has 1 heterocycles. The number of carbonyl (C=O) groups is 1. The summed E-state index contributed by atoms with van der Waals surface area (Å²) in [7, 11) is 1.63. The van der Waals surface area contributed by atoms with Gasteiger partial charge in [-0.25, -0.2) is 0 Å². The topological polar surface area (TPSA) is 26.3 Å². The molecule has 0 bridgehead atoms. The van der Waals surface area contributed by atoms with E-state index in [1.807, 2.05) is 5.38 Å². The molecular weight excluding hydrogens is 244 g/mol. The standard InChI is InChI=1S/C12H15ClO2S/c1-15-12(6-3-2-4-7-12)11(14)10-9(13)5-8-16-10/h5,8H,2-4,6-7H2,1H3. The number of hydrogen-bond donors (Lipinski definition) is 0. The van der Waals surface area contributed by atoms with Crippen molar-refractivity contribution in [2.75, 3.05) is 7.11 Å². The van der Waals surface area contributed by atoms with Crippen LogP contribution in [0.1, 0.15) is 41.8 Å². The van der Waals surface area contributed by atoms with E-state index in [2.05, 4.69) is 0 Å². The molecule has 1 aliphatic carbocycles. The van der Waals surface area contributed by atoms with E-state index < -0.39 is 5.60 Å². The predicted octanol–water partition coefficient (Wildman–Crippen LogP) is 3.93. The number of halogens is 1. The fourth-order valence-corrected chi connectivity index (χ4v) is 3.48. The van der Waals surface area contributed by atoms with E-state index in [0.717, 1.165) is 25.7 Å². The van der Waals surface area contributed by atoms with Gasteiger partial charge in [-0.2, -0.15) is 0 Å². The summed E-state index contributed by atoms with van der Waals surface area (Å²) in [6, 6.07) is 1.77. The van der Waals surface area contributed by atoms with Crippen molar-refractivity contribution in [3.8, 4) is 0 Å².